The third-order valence-electron chi connectivity index (χ3n) is 6.16. The number of hydrogen-bond donors (Lipinski definition) is 2. The van der Waals surface area contributed by atoms with Gasteiger partial charge in [0.15, 0.2) is 11.5 Å². The number of amides is 2. The fraction of sp³-hybridized carbons (Fsp3) is 0.444. The molecule has 1 heterocycles. The zero-order valence-electron chi connectivity index (χ0n) is 20.7. The van der Waals surface area contributed by atoms with Gasteiger partial charge in [-0.3, -0.25) is 14.5 Å². The number of carbonyl (C=O) groups is 2. The van der Waals surface area contributed by atoms with Gasteiger partial charge in [-0.2, -0.15) is 5.10 Å². The predicted molar refractivity (Wildman–Crippen MR) is 137 cm³/mol. The summed E-state index contributed by atoms with van der Waals surface area (Å²) in [5.74, 6) is 1.07. The van der Waals surface area contributed by atoms with Crippen molar-refractivity contribution in [2.24, 2.45) is 5.10 Å². The zero-order chi connectivity index (χ0) is 24.9. The second kappa shape index (κ2) is 14.1. The van der Waals surface area contributed by atoms with Crippen molar-refractivity contribution >= 4 is 18.0 Å². The second-order valence-electron chi connectivity index (χ2n) is 8.58. The zero-order valence-corrected chi connectivity index (χ0v) is 20.7. The van der Waals surface area contributed by atoms with Crippen LogP contribution in [-0.4, -0.2) is 62.8 Å². The number of piperidine rings is 1. The molecule has 0 aliphatic carbocycles. The van der Waals surface area contributed by atoms with Gasteiger partial charge in [-0.25, -0.2) is 5.43 Å². The summed E-state index contributed by atoms with van der Waals surface area (Å²) in [5.41, 5.74) is 4.18. The molecule has 0 aromatic heterocycles. The maximum absolute atomic E-state index is 13.0. The van der Waals surface area contributed by atoms with E-state index in [0.717, 1.165) is 50.8 Å². The number of likely N-dealkylation sites (tertiary alicyclic amines) is 1. The number of benzene rings is 2. The molecule has 1 aliphatic heterocycles. The largest absolute Gasteiger partial charge is 0.493 e. The van der Waals surface area contributed by atoms with E-state index in [9.17, 15) is 9.59 Å². The molecule has 0 spiro atoms. The standard InChI is InChI=1S/C27H36N4O4/c1-34-24-15-14-21(19-25(24)35-2)20-29-30-27(33)23(31-17-9-4-10-18-31)13-7-8-16-28-26(32)22-11-5-3-6-12-22/h3,5-6,11-12,14-15,19-20,23H,4,7-10,13,16-18H2,1-2H3,(H,28,32)(H,30,33)/b29-20+. The van der Waals surface area contributed by atoms with Crippen LogP contribution in [0, 0.1) is 0 Å². The lowest BCUT2D eigenvalue weighted by Gasteiger charge is -2.33. The Labute approximate surface area is 207 Å². The van der Waals surface area contributed by atoms with E-state index in [1.54, 1.807) is 44.7 Å². The van der Waals surface area contributed by atoms with Crippen LogP contribution < -0.4 is 20.2 Å². The molecule has 0 saturated carbocycles. The maximum atomic E-state index is 13.0. The molecule has 1 fully saturated rings. The maximum Gasteiger partial charge on any atom is 0.257 e. The first-order valence-corrected chi connectivity index (χ1v) is 12.2. The summed E-state index contributed by atoms with van der Waals surface area (Å²) >= 11 is 0. The van der Waals surface area contributed by atoms with Gasteiger partial charge in [-0.05, 0) is 81.1 Å². The Kier molecular flexibility index (Phi) is 10.6. The van der Waals surface area contributed by atoms with Crippen LogP contribution in [0.4, 0.5) is 0 Å². The molecular weight excluding hydrogens is 444 g/mol. The summed E-state index contributed by atoms with van der Waals surface area (Å²) in [4.78, 5) is 27.5. The van der Waals surface area contributed by atoms with Gasteiger partial charge in [-0.1, -0.05) is 24.6 Å². The lowest BCUT2D eigenvalue weighted by atomic mass is 10.0. The number of rotatable bonds is 12. The number of carbonyl (C=O) groups excluding carboxylic acids is 2. The fourth-order valence-corrected chi connectivity index (χ4v) is 4.24. The van der Waals surface area contributed by atoms with E-state index in [4.69, 9.17) is 9.47 Å². The Morgan fingerprint density at radius 3 is 2.46 bits per heavy atom. The number of hydrogen-bond acceptors (Lipinski definition) is 6. The van der Waals surface area contributed by atoms with Crippen molar-refractivity contribution in [2.45, 2.75) is 44.6 Å². The second-order valence-corrected chi connectivity index (χ2v) is 8.58. The van der Waals surface area contributed by atoms with Crippen LogP contribution in [-0.2, 0) is 4.79 Å². The van der Waals surface area contributed by atoms with Crippen molar-refractivity contribution in [1.29, 1.82) is 0 Å². The minimum atomic E-state index is -0.234. The highest BCUT2D eigenvalue weighted by Crippen LogP contribution is 2.26. The molecule has 2 aromatic rings. The van der Waals surface area contributed by atoms with E-state index in [0.29, 0.717) is 23.6 Å². The monoisotopic (exact) mass is 480 g/mol. The Bertz CT molecular complexity index is 974. The fourth-order valence-electron chi connectivity index (χ4n) is 4.24. The molecule has 35 heavy (non-hydrogen) atoms. The number of ether oxygens (including phenoxy) is 2. The lowest BCUT2D eigenvalue weighted by molar-refractivity contribution is -0.127. The minimum Gasteiger partial charge on any atom is -0.493 e. The third kappa shape index (κ3) is 8.10. The first-order chi connectivity index (χ1) is 17.1. The molecule has 1 atom stereocenters. The number of unbranched alkanes of at least 4 members (excludes halogenated alkanes) is 1. The van der Waals surface area contributed by atoms with Gasteiger partial charge in [0.05, 0.1) is 26.5 Å². The summed E-state index contributed by atoms with van der Waals surface area (Å²) in [6.07, 6.45) is 7.38. The number of nitrogens with zero attached hydrogens (tertiary/aromatic N) is 2. The average Bonchev–Trinajstić information content (AvgIpc) is 2.91. The van der Waals surface area contributed by atoms with Crippen molar-refractivity contribution in [3.63, 3.8) is 0 Å². The van der Waals surface area contributed by atoms with E-state index in [1.807, 2.05) is 24.3 Å². The van der Waals surface area contributed by atoms with Gasteiger partial charge >= 0.3 is 0 Å². The van der Waals surface area contributed by atoms with Gasteiger partial charge < -0.3 is 14.8 Å². The molecule has 2 aromatic carbocycles. The van der Waals surface area contributed by atoms with Crippen LogP contribution in [0.2, 0.25) is 0 Å². The van der Waals surface area contributed by atoms with Crippen molar-refractivity contribution in [1.82, 2.24) is 15.6 Å². The smallest absolute Gasteiger partial charge is 0.257 e. The molecule has 1 unspecified atom stereocenters. The van der Waals surface area contributed by atoms with Crippen molar-refractivity contribution in [2.75, 3.05) is 33.9 Å². The summed E-state index contributed by atoms with van der Waals surface area (Å²) < 4.78 is 10.6. The molecule has 0 bridgehead atoms. The van der Waals surface area contributed by atoms with E-state index in [-0.39, 0.29) is 17.9 Å². The van der Waals surface area contributed by atoms with Crippen LogP contribution in [0.5, 0.6) is 11.5 Å². The molecule has 3 rings (SSSR count). The van der Waals surface area contributed by atoms with Crippen LogP contribution in [0.15, 0.2) is 53.6 Å². The summed E-state index contributed by atoms with van der Waals surface area (Å²) in [5, 5.41) is 7.14. The third-order valence-corrected chi connectivity index (χ3v) is 6.16. The van der Waals surface area contributed by atoms with E-state index >= 15 is 0 Å². The van der Waals surface area contributed by atoms with Crippen LogP contribution >= 0.6 is 0 Å². The molecule has 2 amide bonds. The first kappa shape index (κ1) is 26.2. The predicted octanol–water partition coefficient (Wildman–Crippen LogP) is 3.61. The Morgan fingerprint density at radius 1 is 1.00 bits per heavy atom. The Hall–Kier alpha value is -3.39. The topological polar surface area (TPSA) is 92.3 Å². The number of nitrogens with one attached hydrogen (secondary N) is 2. The molecule has 2 N–H and O–H groups in total. The van der Waals surface area contributed by atoms with Crippen molar-refractivity contribution in [3.05, 3.63) is 59.7 Å². The highest BCUT2D eigenvalue weighted by atomic mass is 16.5. The molecule has 188 valence electrons. The Morgan fingerprint density at radius 2 is 1.74 bits per heavy atom. The molecule has 1 aliphatic rings. The van der Waals surface area contributed by atoms with Gasteiger partial charge in [0.1, 0.15) is 0 Å². The quantitative estimate of drug-likeness (QED) is 0.275. The van der Waals surface area contributed by atoms with Gasteiger partial charge in [-0.15, -0.1) is 0 Å². The summed E-state index contributed by atoms with van der Waals surface area (Å²) in [6.45, 7) is 2.42. The van der Waals surface area contributed by atoms with Crippen LogP contribution in [0.1, 0.15) is 54.4 Å². The van der Waals surface area contributed by atoms with Crippen LogP contribution in [0.3, 0.4) is 0 Å². The van der Waals surface area contributed by atoms with E-state index in [2.05, 4.69) is 20.7 Å². The molecule has 0 radical (unpaired) electrons. The van der Waals surface area contributed by atoms with Gasteiger partial charge in [0, 0.05) is 12.1 Å². The van der Waals surface area contributed by atoms with E-state index < -0.39 is 0 Å². The van der Waals surface area contributed by atoms with E-state index in [1.165, 1.54) is 6.42 Å². The SMILES string of the molecule is COc1ccc(/C=N/NC(=O)C(CCCCNC(=O)c2ccccc2)N2CCCCC2)cc1OC. The van der Waals surface area contributed by atoms with Crippen molar-refractivity contribution < 1.29 is 19.1 Å². The molecule has 8 nitrogen and oxygen atoms in total. The van der Waals surface area contributed by atoms with Gasteiger partial charge in [0.2, 0.25) is 0 Å². The Balaban J connectivity index is 1.51. The van der Waals surface area contributed by atoms with Crippen LogP contribution in [0.25, 0.3) is 0 Å². The normalized spacial score (nSPS) is 14.9. The first-order valence-electron chi connectivity index (χ1n) is 12.2. The highest BCUT2D eigenvalue weighted by molar-refractivity contribution is 5.94. The summed E-state index contributed by atoms with van der Waals surface area (Å²) in [7, 11) is 3.17. The van der Waals surface area contributed by atoms with Crippen molar-refractivity contribution in [3.8, 4) is 11.5 Å². The lowest BCUT2D eigenvalue weighted by Crippen LogP contribution is -2.47. The molecular formula is C27H36N4O4. The molecule has 1 saturated heterocycles. The number of methoxy groups -OCH3 is 2. The minimum absolute atomic E-state index is 0.0691. The summed E-state index contributed by atoms with van der Waals surface area (Å²) in [6, 6.07) is 14.4. The average molecular weight is 481 g/mol. The number of hydrazone groups is 1. The van der Waals surface area contributed by atoms with Gasteiger partial charge in [0.25, 0.3) is 11.8 Å². The molecule has 8 heteroatoms. The highest BCUT2D eigenvalue weighted by Gasteiger charge is 2.26.